The van der Waals surface area contributed by atoms with Gasteiger partial charge in [0.25, 0.3) is 0 Å². The monoisotopic (exact) mass is 294 g/mol. The zero-order valence-electron chi connectivity index (χ0n) is 12.8. The Bertz CT molecular complexity index is 502. The fourth-order valence-electron chi connectivity index (χ4n) is 1.91. The molecule has 116 valence electrons. The van der Waals surface area contributed by atoms with E-state index in [1.807, 2.05) is 19.9 Å². The zero-order chi connectivity index (χ0) is 16.0. The number of para-hydroxylation sites is 2. The molecule has 21 heavy (non-hydrogen) atoms. The molecule has 1 aromatic rings. The van der Waals surface area contributed by atoms with E-state index in [1.165, 1.54) is 12.0 Å². The summed E-state index contributed by atoms with van der Waals surface area (Å²) in [4.78, 5) is 24.5. The van der Waals surface area contributed by atoms with Gasteiger partial charge in [0.1, 0.15) is 5.75 Å². The molecule has 0 radical (unpaired) electrons. The summed E-state index contributed by atoms with van der Waals surface area (Å²) in [5.74, 6) is -0.334. The van der Waals surface area contributed by atoms with E-state index in [4.69, 9.17) is 9.84 Å². The summed E-state index contributed by atoms with van der Waals surface area (Å²) in [7, 11) is 3.15. The second-order valence-corrected chi connectivity index (χ2v) is 5.13. The van der Waals surface area contributed by atoms with E-state index in [9.17, 15) is 9.59 Å². The standard InChI is InChI=1S/C15H22N2O4/c1-10(2)11(9-14(18)19)16-15(20)17(3)12-7-5-6-8-13(12)21-4/h5-8,10-11H,9H2,1-4H3,(H,16,20)(H,18,19). The summed E-state index contributed by atoms with van der Waals surface area (Å²) in [6, 6.07) is 6.36. The van der Waals surface area contributed by atoms with Crippen molar-refractivity contribution in [1.82, 2.24) is 5.32 Å². The van der Waals surface area contributed by atoms with Gasteiger partial charge in [0.15, 0.2) is 0 Å². The fourth-order valence-corrected chi connectivity index (χ4v) is 1.91. The maximum absolute atomic E-state index is 12.3. The molecule has 0 spiro atoms. The number of methoxy groups -OCH3 is 1. The van der Waals surface area contributed by atoms with Crippen molar-refractivity contribution in [1.29, 1.82) is 0 Å². The lowest BCUT2D eigenvalue weighted by atomic mass is 10.0. The van der Waals surface area contributed by atoms with Gasteiger partial charge in [-0.05, 0) is 18.1 Å². The number of hydrogen-bond donors (Lipinski definition) is 2. The summed E-state index contributed by atoms with van der Waals surface area (Å²) in [6.07, 6.45) is -0.108. The van der Waals surface area contributed by atoms with Crippen molar-refractivity contribution in [3.05, 3.63) is 24.3 Å². The number of nitrogens with one attached hydrogen (secondary N) is 1. The fraction of sp³-hybridized carbons (Fsp3) is 0.467. The number of nitrogens with zero attached hydrogens (tertiary/aromatic N) is 1. The van der Waals surface area contributed by atoms with Gasteiger partial charge in [0, 0.05) is 13.1 Å². The minimum Gasteiger partial charge on any atom is -0.495 e. The van der Waals surface area contributed by atoms with Gasteiger partial charge in [0.05, 0.1) is 19.2 Å². The Labute approximate surface area is 124 Å². The topological polar surface area (TPSA) is 78.9 Å². The largest absolute Gasteiger partial charge is 0.495 e. The SMILES string of the molecule is COc1ccccc1N(C)C(=O)NC(CC(=O)O)C(C)C. The molecule has 0 heterocycles. The van der Waals surface area contributed by atoms with Crippen molar-refractivity contribution in [2.24, 2.45) is 5.92 Å². The highest BCUT2D eigenvalue weighted by Crippen LogP contribution is 2.26. The van der Waals surface area contributed by atoms with Crippen LogP contribution in [0.5, 0.6) is 5.75 Å². The van der Waals surface area contributed by atoms with E-state index in [0.29, 0.717) is 11.4 Å². The molecule has 0 aromatic heterocycles. The molecule has 1 atom stereocenters. The molecule has 2 N–H and O–H groups in total. The highest BCUT2D eigenvalue weighted by Gasteiger charge is 2.22. The third-order valence-corrected chi connectivity index (χ3v) is 3.26. The predicted octanol–water partition coefficient (Wildman–Crippen LogP) is 2.34. The Morgan fingerprint density at radius 2 is 1.95 bits per heavy atom. The van der Waals surface area contributed by atoms with Crippen molar-refractivity contribution in [3.63, 3.8) is 0 Å². The lowest BCUT2D eigenvalue weighted by molar-refractivity contribution is -0.137. The maximum atomic E-state index is 12.3. The van der Waals surface area contributed by atoms with Crippen LogP contribution in [-0.2, 0) is 4.79 Å². The number of carbonyl (C=O) groups is 2. The van der Waals surface area contributed by atoms with E-state index < -0.39 is 12.0 Å². The lowest BCUT2D eigenvalue weighted by Gasteiger charge is -2.26. The molecule has 6 heteroatoms. The molecule has 0 fully saturated rings. The van der Waals surface area contributed by atoms with Crippen LogP contribution in [0.15, 0.2) is 24.3 Å². The smallest absolute Gasteiger partial charge is 0.321 e. The van der Waals surface area contributed by atoms with Crippen molar-refractivity contribution in [2.45, 2.75) is 26.3 Å². The highest BCUT2D eigenvalue weighted by molar-refractivity contribution is 5.93. The number of benzene rings is 1. The van der Waals surface area contributed by atoms with Crippen LogP contribution < -0.4 is 15.0 Å². The Morgan fingerprint density at radius 3 is 2.48 bits per heavy atom. The third-order valence-electron chi connectivity index (χ3n) is 3.26. The molecule has 1 unspecified atom stereocenters. The Morgan fingerprint density at radius 1 is 1.33 bits per heavy atom. The van der Waals surface area contributed by atoms with E-state index in [2.05, 4.69) is 5.32 Å². The lowest BCUT2D eigenvalue weighted by Crippen LogP contribution is -2.46. The van der Waals surface area contributed by atoms with Crippen LogP contribution in [0.3, 0.4) is 0 Å². The number of ether oxygens (including phenoxy) is 1. The molecule has 1 aromatic carbocycles. The molecule has 0 saturated carbocycles. The molecule has 0 aliphatic heterocycles. The van der Waals surface area contributed by atoms with Crippen LogP contribution in [0.25, 0.3) is 0 Å². The van der Waals surface area contributed by atoms with Crippen LogP contribution in [0.2, 0.25) is 0 Å². The van der Waals surface area contributed by atoms with E-state index in [1.54, 1.807) is 25.2 Å². The van der Waals surface area contributed by atoms with E-state index in [0.717, 1.165) is 0 Å². The van der Waals surface area contributed by atoms with Gasteiger partial charge in [0.2, 0.25) is 0 Å². The molecule has 0 bridgehead atoms. The molecule has 6 nitrogen and oxygen atoms in total. The van der Waals surface area contributed by atoms with Gasteiger partial charge >= 0.3 is 12.0 Å². The second kappa shape index (κ2) is 7.52. The average Bonchev–Trinajstić information content (AvgIpc) is 2.45. The average molecular weight is 294 g/mol. The van der Waals surface area contributed by atoms with Crippen molar-refractivity contribution in [3.8, 4) is 5.75 Å². The first-order valence-corrected chi connectivity index (χ1v) is 6.75. The predicted molar refractivity (Wildman–Crippen MR) is 80.8 cm³/mol. The van der Waals surface area contributed by atoms with Crippen LogP contribution in [0.4, 0.5) is 10.5 Å². The Kier molecular flexibility index (Phi) is 6.02. The molecule has 2 amide bonds. The normalized spacial score (nSPS) is 11.9. The number of hydrogen-bond acceptors (Lipinski definition) is 3. The first-order valence-electron chi connectivity index (χ1n) is 6.75. The molecule has 0 aliphatic carbocycles. The number of rotatable bonds is 6. The summed E-state index contributed by atoms with van der Waals surface area (Å²) >= 11 is 0. The zero-order valence-corrected chi connectivity index (χ0v) is 12.8. The van der Waals surface area contributed by atoms with E-state index >= 15 is 0 Å². The number of amides is 2. The minimum absolute atomic E-state index is 0.0242. The summed E-state index contributed by atoms with van der Waals surface area (Å²) in [5, 5.41) is 11.6. The van der Waals surface area contributed by atoms with Crippen molar-refractivity contribution >= 4 is 17.7 Å². The number of carboxylic acid groups (broad SMARTS) is 1. The van der Waals surface area contributed by atoms with Crippen LogP contribution in [0, 0.1) is 5.92 Å². The van der Waals surface area contributed by atoms with Gasteiger partial charge in [-0.2, -0.15) is 0 Å². The summed E-state index contributed by atoms with van der Waals surface area (Å²) < 4.78 is 5.22. The molecular weight excluding hydrogens is 272 g/mol. The Balaban J connectivity index is 2.84. The quantitative estimate of drug-likeness (QED) is 0.844. The van der Waals surface area contributed by atoms with Crippen LogP contribution in [0.1, 0.15) is 20.3 Å². The third kappa shape index (κ3) is 4.66. The maximum Gasteiger partial charge on any atom is 0.321 e. The number of urea groups is 1. The minimum atomic E-state index is -0.936. The molecule has 0 aliphatic rings. The van der Waals surface area contributed by atoms with Crippen molar-refractivity contribution in [2.75, 3.05) is 19.1 Å². The van der Waals surface area contributed by atoms with Crippen LogP contribution >= 0.6 is 0 Å². The first-order chi connectivity index (χ1) is 9.86. The van der Waals surface area contributed by atoms with E-state index in [-0.39, 0.29) is 18.4 Å². The highest BCUT2D eigenvalue weighted by atomic mass is 16.5. The van der Waals surface area contributed by atoms with Gasteiger partial charge in [-0.3, -0.25) is 9.69 Å². The molecule has 1 rings (SSSR count). The molecule has 0 saturated heterocycles. The number of anilines is 1. The van der Waals surface area contributed by atoms with Crippen LogP contribution in [-0.4, -0.2) is 37.3 Å². The van der Waals surface area contributed by atoms with Crippen molar-refractivity contribution < 1.29 is 19.4 Å². The number of aliphatic carboxylic acids is 1. The number of carbonyl (C=O) groups excluding carboxylic acids is 1. The van der Waals surface area contributed by atoms with Gasteiger partial charge in [-0.1, -0.05) is 26.0 Å². The first kappa shape index (κ1) is 16.8. The summed E-state index contributed by atoms with van der Waals surface area (Å²) in [6.45, 7) is 3.74. The van der Waals surface area contributed by atoms with Gasteiger partial charge < -0.3 is 15.2 Å². The summed E-state index contributed by atoms with van der Waals surface area (Å²) in [5.41, 5.74) is 0.621. The van der Waals surface area contributed by atoms with Gasteiger partial charge in [-0.15, -0.1) is 0 Å². The second-order valence-electron chi connectivity index (χ2n) is 5.13. The Hall–Kier alpha value is -2.24. The molecular formula is C15H22N2O4. The number of carboxylic acids is 1. The van der Waals surface area contributed by atoms with Gasteiger partial charge in [-0.25, -0.2) is 4.79 Å².